The molecule has 26 heavy (non-hydrogen) atoms. The molecule has 0 fully saturated rings. The van der Waals surface area contributed by atoms with Crippen LogP contribution in [0.25, 0.3) is 0 Å². The van der Waals surface area contributed by atoms with E-state index in [1.54, 1.807) is 0 Å². The average molecular weight is 360 g/mol. The zero-order valence-electron chi connectivity index (χ0n) is 16.9. The second kappa shape index (κ2) is 15.9. The molecular formula is C24H39O2-. The highest BCUT2D eigenvalue weighted by atomic mass is 16.4. The van der Waals surface area contributed by atoms with E-state index in [0.29, 0.717) is 6.42 Å². The molecule has 0 heterocycles. The maximum atomic E-state index is 11.4. The van der Waals surface area contributed by atoms with Crippen molar-refractivity contribution in [2.45, 2.75) is 109 Å². The van der Waals surface area contributed by atoms with E-state index in [1.165, 1.54) is 77.0 Å². The standard InChI is InChI=1S/C24H40O2/c1-2-3-4-5-6-7-8-9-10-11-12-13-14-18-21-23(24(25)26)22-19-16-15-17-20-22/h15-17,19-20,23H,2-14,18,21H2,1H3,(H,25,26)/p-1. The van der Waals surface area contributed by atoms with Gasteiger partial charge in [0.1, 0.15) is 0 Å². The third-order valence-corrected chi connectivity index (χ3v) is 5.33. The highest BCUT2D eigenvalue weighted by Gasteiger charge is 2.11. The normalized spacial score (nSPS) is 12.2. The summed E-state index contributed by atoms with van der Waals surface area (Å²) in [6.45, 7) is 2.27. The Labute approximate surface area is 161 Å². The predicted molar refractivity (Wildman–Crippen MR) is 109 cm³/mol. The SMILES string of the molecule is CCCCCCCCCCCCCCCCC(C(=O)[O-])c1ccccc1. The van der Waals surface area contributed by atoms with Crippen LogP contribution in [0.5, 0.6) is 0 Å². The number of carbonyl (C=O) groups is 1. The van der Waals surface area contributed by atoms with E-state index >= 15 is 0 Å². The highest BCUT2D eigenvalue weighted by molar-refractivity contribution is 5.73. The third kappa shape index (κ3) is 11.3. The molecule has 1 aromatic rings. The number of carbonyl (C=O) groups excluding carboxylic acids is 1. The van der Waals surface area contributed by atoms with Crippen LogP contribution in [0.1, 0.15) is 115 Å². The molecule has 0 bridgehead atoms. The van der Waals surface area contributed by atoms with Crippen LogP contribution >= 0.6 is 0 Å². The van der Waals surface area contributed by atoms with Crippen LogP contribution in [0, 0.1) is 0 Å². The fourth-order valence-electron chi connectivity index (χ4n) is 3.65. The Kier molecular flexibility index (Phi) is 13.9. The van der Waals surface area contributed by atoms with Crippen molar-refractivity contribution in [3.8, 4) is 0 Å². The number of unbranched alkanes of at least 4 members (excludes halogenated alkanes) is 13. The summed E-state index contributed by atoms with van der Waals surface area (Å²) in [5.41, 5.74) is 0.877. The zero-order valence-corrected chi connectivity index (χ0v) is 16.9. The minimum absolute atomic E-state index is 0.450. The minimum Gasteiger partial charge on any atom is -0.549 e. The van der Waals surface area contributed by atoms with Crippen molar-refractivity contribution in [2.75, 3.05) is 0 Å². The number of rotatable bonds is 17. The van der Waals surface area contributed by atoms with Gasteiger partial charge in [0, 0.05) is 11.9 Å². The van der Waals surface area contributed by atoms with Gasteiger partial charge in [-0.25, -0.2) is 0 Å². The topological polar surface area (TPSA) is 40.1 Å². The second-order valence-electron chi connectivity index (χ2n) is 7.67. The molecule has 0 aliphatic heterocycles. The smallest absolute Gasteiger partial charge is 0.0489 e. The summed E-state index contributed by atoms with van der Waals surface area (Å²) in [4.78, 5) is 11.4. The molecule has 0 amide bonds. The molecule has 0 N–H and O–H groups in total. The number of hydrogen-bond donors (Lipinski definition) is 0. The molecule has 0 radical (unpaired) electrons. The van der Waals surface area contributed by atoms with E-state index in [-0.39, 0.29) is 0 Å². The van der Waals surface area contributed by atoms with Gasteiger partial charge in [-0.3, -0.25) is 0 Å². The van der Waals surface area contributed by atoms with E-state index in [1.807, 2.05) is 30.3 Å². The molecule has 0 aliphatic carbocycles. The van der Waals surface area contributed by atoms with Gasteiger partial charge in [0.2, 0.25) is 0 Å². The van der Waals surface area contributed by atoms with Gasteiger partial charge in [0.15, 0.2) is 0 Å². The van der Waals surface area contributed by atoms with E-state index in [4.69, 9.17) is 0 Å². The van der Waals surface area contributed by atoms with Gasteiger partial charge in [-0.15, -0.1) is 0 Å². The molecule has 1 rings (SSSR count). The van der Waals surface area contributed by atoms with Crippen molar-refractivity contribution in [1.82, 2.24) is 0 Å². The third-order valence-electron chi connectivity index (χ3n) is 5.33. The zero-order chi connectivity index (χ0) is 18.9. The van der Waals surface area contributed by atoms with E-state index in [9.17, 15) is 9.90 Å². The van der Waals surface area contributed by atoms with Gasteiger partial charge in [-0.05, 0) is 12.0 Å². The molecule has 0 saturated carbocycles. The van der Waals surface area contributed by atoms with Crippen LogP contribution in [0.4, 0.5) is 0 Å². The second-order valence-corrected chi connectivity index (χ2v) is 7.67. The Morgan fingerprint density at radius 2 is 1.15 bits per heavy atom. The van der Waals surface area contributed by atoms with Crippen molar-refractivity contribution >= 4 is 5.97 Å². The number of carboxylic acids is 1. The lowest BCUT2D eigenvalue weighted by atomic mass is 9.93. The number of carboxylic acid groups (broad SMARTS) is 1. The van der Waals surface area contributed by atoms with Crippen LogP contribution in [0.2, 0.25) is 0 Å². The van der Waals surface area contributed by atoms with Crippen molar-refractivity contribution in [2.24, 2.45) is 0 Å². The first-order valence-electron chi connectivity index (χ1n) is 11.0. The lowest BCUT2D eigenvalue weighted by Crippen LogP contribution is -2.29. The average Bonchev–Trinajstić information content (AvgIpc) is 2.65. The highest BCUT2D eigenvalue weighted by Crippen LogP contribution is 2.22. The fourth-order valence-corrected chi connectivity index (χ4v) is 3.65. The van der Waals surface area contributed by atoms with Gasteiger partial charge >= 0.3 is 0 Å². The molecule has 1 aromatic carbocycles. The molecular weight excluding hydrogens is 320 g/mol. The summed E-state index contributed by atoms with van der Waals surface area (Å²) in [5, 5.41) is 11.4. The Morgan fingerprint density at radius 1 is 0.731 bits per heavy atom. The van der Waals surface area contributed by atoms with Crippen molar-refractivity contribution in [3.05, 3.63) is 35.9 Å². The molecule has 148 valence electrons. The Balaban J connectivity index is 1.93. The molecule has 0 aromatic heterocycles. The van der Waals surface area contributed by atoms with Crippen molar-refractivity contribution < 1.29 is 9.90 Å². The fraction of sp³-hybridized carbons (Fsp3) is 0.708. The van der Waals surface area contributed by atoms with Crippen molar-refractivity contribution in [1.29, 1.82) is 0 Å². The summed E-state index contributed by atoms with van der Waals surface area (Å²) in [5.74, 6) is -1.39. The molecule has 2 nitrogen and oxygen atoms in total. The quantitative estimate of drug-likeness (QED) is 0.302. The molecule has 1 atom stereocenters. The molecule has 0 spiro atoms. The number of benzene rings is 1. The summed E-state index contributed by atoms with van der Waals surface area (Å²) >= 11 is 0. The maximum absolute atomic E-state index is 11.4. The van der Waals surface area contributed by atoms with Crippen LogP contribution in [-0.2, 0) is 4.79 Å². The Hall–Kier alpha value is -1.31. The molecule has 2 heteroatoms. The lowest BCUT2D eigenvalue weighted by Gasteiger charge is -2.18. The molecule has 1 unspecified atom stereocenters. The van der Waals surface area contributed by atoms with Crippen LogP contribution in [-0.4, -0.2) is 5.97 Å². The minimum atomic E-state index is -0.939. The van der Waals surface area contributed by atoms with Crippen LogP contribution < -0.4 is 5.11 Å². The summed E-state index contributed by atoms with van der Waals surface area (Å²) < 4.78 is 0. The van der Waals surface area contributed by atoms with Crippen LogP contribution in [0.3, 0.4) is 0 Å². The van der Waals surface area contributed by atoms with Gasteiger partial charge in [0.05, 0.1) is 0 Å². The first-order valence-corrected chi connectivity index (χ1v) is 11.0. The van der Waals surface area contributed by atoms with E-state index < -0.39 is 11.9 Å². The van der Waals surface area contributed by atoms with Crippen LogP contribution in [0.15, 0.2) is 30.3 Å². The van der Waals surface area contributed by atoms with Gasteiger partial charge < -0.3 is 9.90 Å². The monoisotopic (exact) mass is 359 g/mol. The first kappa shape index (κ1) is 22.7. The largest absolute Gasteiger partial charge is 0.549 e. The van der Waals surface area contributed by atoms with Gasteiger partial charge in [-0.2, -0.15) is 0 Å². The molecule has 0 saturated heterocycles. The van der Waals surface area contributed by atoms with E-state index in [2.05, 4.69) is 6.92 Å². The summed E-state index contributed by atoms with van der Waals surface area (Å²) in [6.07, 6.45) is 19.2. The number of aliphatic carboxylic acids is 1. The van der Waals surface area contributed by atoms with Gasteiger partial charge in [-0.1, -0.05) is 127 Å². The summed E-state index contributed by atoms with van der Waals surface area (Å²) in [7, 11) is 0. The Bertz CT molecular complexity index is 441. The molecule has 0 aliphatic rings. The van der Waals surface area contributed by atoms with E-state index in [0.717, 1.165) is 18.4 Å². The Morgan fingerprint density at radius 3 is 1.58 bits per heavy atom. The van der Waals surface area contributed by atoms with Gasteiger partial charge in [0.25, 0.3) is 0 Å². The van der Waals surface area contributed by atoms with Crippen molar-refractivity contribution in [3.63, 3.8) is 0 Å². The maximum Gasteiger partial charge on any atom is 0.0489 e. The predicted octanol–water partition coefficient (Wildman–Crippen LogP) is 6.39. The lowest BCUT2D eigenvalue weighted by molar-refractivity contribution is -0.308. The first-order chi connectivity index (χ1) is 12.8. The summed E-state index contributed by atoms with van der Waals surface area (Å²) in [6, 6.07) is 9.50. The number of hydrogen-bond acceptors (Lipinski definition) is 2.